The predicted octanol–water partition coefficient (Wildman–Crippen LogP) is 6.45. The first-order valence-electron chi connectivity index (χ1n) is 7.07. The average Bonchev–Trinajstić information content (AvgIpc) is 2.49. The van der Waals surface area contributed by atoms with Gasteiger partial charge in [-0.05, 0) is 48.0 Å². The Bertz CT molecular complexity index is 734. The van der Waals surface area contributed by atoms with Gasteiger partial charge in [-0.1, -0.05) is 50.1 Å². The van der Waals surface area contributed by atoms with Crippen molar-refractivity contribution in [2.45, 2.75) is 13.8 Å². The van der Waals surface area contributed by atoms with E-state index in [1.807, 2.05) is 0 Å². The average molecular weight is 330 g/mol. The molecule has 23 heavy (non-hydrogen) atoms. The van der Waals surface area contributed by atoms with Gasteiger partial charge in [-0.2, -0.15) is 0 Å². The van der Waals surface area contributed by atoms with E-state index >= 15 is 0 Å². The summed E-state index contributed by atoms with van der Waals surface area (Å²) in [7, 11) is 2.43. The lowest BCUT2D eigenvalue weighted by Gasteiger charge is -2.08. The molecule has 0 aliphatic carbocycles. The van der Waals surface area contributed by atoms with Gasteiger partial charge < -0.3 is 0 Å². The van der Waals surface area contributed by atoms with E-state index in [2.05, 4.69) is 29.0 Å². The van der Waals surface area contributed by atoms with Crippen molar-refractivity contribution in [3.05, 3.63) is 101 Å². The summed E-state index contributed by atoms with van der Waals surface area (Å²) >= 11 is 0. The van der Waals surface area contributed by atoms with E-state index < -0.39 is 5.83 Å². The van der Waals surface area contributed by atoms with Crippen LogP contribution in [0.3, 0.4) is 0 Å². The number of hydrogen-bond acceptors (Lipinski definition) is 0. The van der Waals surface area contributed by atoms with Crippen molar-refractivity contribution in [1.82, 2.24) is 0 Å². The molecule has 0 bridgehead atoms. The first-order valence-corrected chi connectivity index (χ1v) is 7.65. The minimum absolute atomic E-state index is 0.152. The Morgan fingerprint density at radius 2 is 1.83 bits per heavy atom. The molecule has 1 aromatic rings. The number of benzene rings is 1. The molecule has 1 rings (SSSR count). The lowest BCUT2D eigenvalue weighted by molar-refractivity contribution is 0.622. The van der Waals surface area contributed by atoms with Crippen LogP contribution in [0.15, 0.2) is 84.5 Å². The number of halogens is 2. The molecule has 0 saturated carbocycles. The maximum absolute atomic E-state index is 14.4. The second-order valence-corrected chi connectivity index (χ2v) is 5.87. The van der Waals surface area contributed by atoms with E-state index in [1.54, 1.807) is 44.2 Å². The quantitative estimate of drug-likeness (QED) is 0.415. The molecule has 0 radical (unpaired) electrons. The Morgan fingerprint density at radius 3 is 2.35 bits per heavy atom. The summed E-state index contributed by atoms with van der Waals surface area (Å²) in [5.41, 5.74) is 2.20. The van der Waals surface area contributed by atoms with Gasteiger partial charge in [0, 0.05) is 11.1 Å². The summed E-state index contributed by atoms with van der Waals surface area (Å²) < 4.78 is 28.4. The van der Waals surface area contributed by atoms with E-state index in [0.717, 1.165) is 10.9 Å². The van der Waals surface area contributed by atoms with Crippen molar-refractivity contribution in [3.8, 4) is 0 Å². The molecule has 1 atom stereocenters. The highest BCUT2D eigenvalue weighted by molar-refractivity contribution is 7.22. The maximum atomic E-state index is 14.4. The predicted molar refractivity (Wildman–Crippen MR) is 100 cm³/mol. The van der Waals surface area contributed by atoms with Gasteiger partial charge in [-0.3, -0.25) is 0 Å². The Morgan fingerprint density at radius 1 is 1.17 bits per heavy atom. The third-order valence-electron chi connectivity index (χ3n) is 3.20. The fourth-order valence-electron chi connectivity index (χ4n) is 1.86. The zero-order valence-electron chi connectivity index (χ0n) is 13.5. The molecule has 1 unspecified atom stereocenters. The van der Waals surface area contributed by atoms with Crippen LogP contribution in [0.5, 0.6) is 0 Å². The summed E-state index contributed by atoms with van der Waals surface area (Å²) in [4.78, 5) is 0. The van der Waals surface area contributed by atoms with Gasteiger partial charge >= 0.3 is 0 Å². The van der Waals surface area contributed by atoms with Crippen LogP contribution in [-0.4, -0.2) is 0 Å². The molecule has 0 N–H and O–H groups in total. The zero-order chi connectivity index (χ0) is 17.6. The highest BCUT2D eigenvalue weighted by atomic mass is 31.0. The molecular formula is C20H21F2P. The highest BCUT2D eigenvalue weighted by Gasteiger charge is 2.09. The Labute approximate surface area is 139 Å². The van der Waals surface area contributed by atoms with Gasteiger partial charge in [0.25, 0.3) is 0 Å². The molecule has 0 nitrogen and oxygen atoms in total. The lowest BCUT2D eigenvalue weighted by atomic mass is 10.00. The summed E-state index contributed by atoms with van der Waals surface area (Å²) in [5, 5.41) is 0.749. The molecule has 120 valence electrons. The maximum Gasteiger partial charge on any atom is 0.131 e. The molecule has 3 heteroatoms. The molecule has 0 aliphatic heterocycles. The lowest BCUT2D eigenvalue weighted by Crippen LogP contribution is -1.91. The standard InChI is InChI=1S/C20H21F2P/c1-6-17(18-10-7-13(2)11-20(18)22)12-19(21)16(5)14(3)8-9-15(4)23/h6-12H,3-5,23H2,1-2H3/b9-8-,17-6+,19-12+. The number of aryl methyl sites for hydroxylation is 1. The van der Waals surface area contributed by atoms with Crippen molar-refractivity contribution in [1.29, 1.82) is 0 Å². The van der Waals surface area contributed by atoms with Crippen LogP contribution in [-0.2, 0) is 0 Å². The third kappa shape index (κ3) is 5.58. The SMILES string of the molecule is C=C(P)/C=C\C(=C)C(=C)/C(F)=C\C(=C/C)c1ccc(C)cc1F. The first-order chi connectivity index (χ1) is 10.8. The number of allylic oxidation sites excluding steroid dienone is 9. The van der Waals surface area contributed by atoms with E-state index in [4.69, 9.17) is 0 Å². The Hall–Kier alpha value is -2.05. The Kier molecular flexibility index (Phi) is 7.06. The topological polar surface area (TPSA) is 0 Å². The molecule has 0 aliphatic rings. The van der Waals surface area contributed by atoms with Crippen LogP contribution in [0.2, 0.25) is 0 Å². The van der Waals surface area contributed by atoms with Gasteiger partial charge in [0.15, 0.2) is 0 Å². The number of hydrogen-bond donors (Lipinski definition) is 0. The molecular weight excluding hydrogens is 309 g/mol. The summed E-state index contributed by atoms with van der Waals surface area (Å²) in [6.45, 7) is 14.7. The zero-order valence-corrected chi connectivity index (χ0v) is 14.7. The van der Waals surface area contributed by atoms with Crippen molar-refractivity contribution in [2.75, 3.05) is 0 Å². The Balaban J connectivity index is 3.09. The molecule has 0 aromatic heterocycles. The van der Waals surface area contributed by atoms with Crippen molar-refractivity contribution < 1.29 is 8.78 Å². The third-order valence-corrected chi connectivity index (χ3v) is 3.40. The van der Waals surface area contributed by atoms with Gasteiger partial charge in [0.1, 0.15) is 11.6 Å². The molecule has 0 heterocycles. The highest BCUT2D eigenvalue weighted by Crippen LogP contribution is 2.26. The second-order valence-electron chi connectivity index (χ2n) is 5.13. The van der Waals surface area contributed by atoms with Crippen molar-refractivity contribution in [2.24, 2.45) is 0 Å². The van der Waals surface area contributed by atoms with Crippen LogP contribution < -0.4 is 0 Å². The van der Waals surface area contributed by atoms with Gasteiger partial charge in [0.05, 0.1) is 0 Å². The molecule has 0 amide bonds. The first kappa shape index (κ1) is 19.0. The van der Waals surface area contributed by atoms with E-state index in [1.165, 1.54) is 12.1 Å². The van der Waals surface area contributed by atoms with Crippen molar-refractivity contribution >= 4 is 14.8 Å². The molecule has 0 saturated heterocycles. The van der Waals surface area contributed by atoms with Crippen molar-refractivity contribution in [3.63, 3.8) is 0 Å². The summed E-state index contributed by atoms with van der Waals surface area (Å²) in [6.07, 6.45) is 6.25. The number of rotatable bonds is 6. The van der Waals surface area contributed by atoms with Crippen LogP contribution in [0.25, 0.3) is 5.57 Å². The van der Waals surface area contributed by atoms with Crippen LogP contribution >= 0.6 is 9.24 Å². The van der Waals surface area contributed by atoms with Crippen LogP contribution in [0.1, 0.15) is 18.1 Å². The van der Waals surface area contributed by atoms with Crippen LogP contribution in [0.4, 0.5) is 8.78 Å². The van der Waals surface area contributed by atoms with Gasteiger partial charge in [-0.15, -0.1) is 9.24 Å². The fraction of sp³-hybridized carbons (Fsp3) is 0.100. The molecule has 0 fully saturated rings. The summed E-state index contributed by atoms with van der Waals surface area (Å²) in [5.74, 6) is -0.937. The minimum Gasteiger partial charge on any atom is -0.206 e. The van der Waals surface area contributed by atoms with E-state index in [-0.39, 0.29) is 11.4 Å². The fourth-order valence-corrected chi connectivity index (χ4v) is 1.95. The van der Waals surface area contributed by atoms with E-state index in [0.29, 0.717) is 16.7 Å². The smallest absolute Gasteiger partial charge is 0.131 e. The summed E-state index contributed by atoms with van der Waals surface area (Å²) in [6, 6.07) is 4.85. The molecule has 1 aromatic carbocycles. The normalized spacial score (nSPS) is 12.6. The second kappa shape index (κ2) is 8.55. The van der Waals surface area contributed by atoms with E-state index in [9.17, 15) is 8.78 Å². The largest absolute Gasteiger partial charge is 0.206 e. The van der Waals surface area contributed by atoms with Gasteiger partial charge in [0.2, 0.25) is 0 Å². The van der Waals surface area contributed by atoms with Gasteiger partial charge in [-0.25, -0.2) is 8.78 Å². The monoisotopic (exact) mass is 330 g/mol. The molecule has 0 spiro atoms. The minimum atomic E-state index is -0.554. The van der Waals surface area contributed by atoms with Crippen LogP contribution in [0, 0.1) is 12.7 Å².